The number of carbonyl (C=O) groups excluding carboxylic acids is 3. The number of benzene rings is 6. The molecule has 2 atom stereocenters. The summed E-state index contributed by atoms with van der Waals surface area (Å²) in [7, 11) is 0. The largest absolute Gasteiger partial charge is 0.491 e. The van der Waals surface area contributed by atoms with E-state index in [1.807, 2.05) is 85.7 Å². The summed E-state index contributed by atoms with van der Waals surface area (Å²) in [6, 6.07) is 36.4. The van der Waals surface area contributed by atoms with Crippen LogP contribution in [0.25, 0.3) is 22.3 Å². The number of aryl methyl sites for hydroxylation is 5. The van der Waals surface area contributed by atoms with Crippen LogP contribution in [0.2, 0.25) is 0 Å². The highest BCUT2D eigenvalue weighted by Crippen LogP contribution is 2.44. The van der Waals surface area contributed by atoms with E-state index < -0.39 is 18.0 Å². The molecule has 0 aliphatic heterocycles. The van der Waals surface area contributed by atoms with Crippen molar-refractivity contribution in [3.05, 3.63) is 176 Å². The molecule has 0 aliphatic carbocycles. The zero-order valence-electron chi connectivity index (χ0n) is 48.4. The fourth-order valence-electron chi connectivity index (χ4n) is 10.0. The van der Waals surface area contributed by atoms with Gasteiger partial charge < -0.3 is 24.4 Å². The highest BCUT2D eigenvalue weighted by atomic mass is 19.1. The van der Waals surface area contributed by atoms with Crippen molar-refractivity contribution in [1.29, 1.82) is 0 Å². The molecule has 2 N–H and O–H groups in total. The summed E-state index contributed by atoms with van der Waals surface area (Å²) in [6.45, 7) is 32.0. The Labute approximate surface area is 458 Å². The SMILES string of the molecule is CCC(CC)(c1ccc(OCC(O)C(C)(C)C)c(C)c1)c1ccc(-c2ccc(COC=O)c(F)c2)c(C)c1.CCc1ccc(-c2ccc(C(CC)(CC)c3ccc(OCC(O)C(C)(C)C)c(C)c3)cc2C)cc1F.O=C=O. The maximum Gasteiger partial charge on any atom is 0.373 e. The van der Waals surface area contributed by atoms with Gasteiger partial charge in [0.15, 0.2) is 0 Å². The van der Waals surface area contributed by atoms with E-state index in [9.17, 15) is 23.8 Å². The Hall–Kier alpha value is -6.45. The van der Waals surface area contributed by atoms with Crippen LogP contribution in [-0.4, -0.2) is 48.3 Å². The molecule has 77 heavy (non-hydrogen) atoms. The van der Waals surface area contributed by atoms with Gasteiger partial charge in [0.2, 0.25) is 0 Å². The fourth-order valence-corrected chi connectivity index (χ4v) is 10.0. The van der Waals surface area contributed by atoms with Crippen LogP contribution < -0.4 is 9.47 Å². The van der Waals surface area contributed by atoms with Gasteiger partial charge in [-0.2, -0.15) is 9.59 Å². The second-order valence-electron chi connectivity index (χ2n) is 22.4. The molecule has 0 aliphatic rings. The van der Waals surface area contributed by atoms with E-state index in [2.05, 4.69) is 109 Å². The minimum Gasteiger partial charge on any atom is -0.491 e. The number of carbonyl (C=O) groups is 1. The second-order valence-corrected chi connectivity index (χ2v) is 22.4. The van der Waals surface area contributed by atoms with Crippen LogP contribution in [0.3, 0.4) is 0 Å². The Balaban J connectivity index is 0.000000317. The van der Waals surface area contributed by atoms with Gasteiger partial charge in [-0.15, -0.1) is 0 Å². The van der Waals surface area contributed by atoms with E-state index in [0.29, 0.717) is 18.5 Å². The minimum atomic E-state index is -0.553. The van der Waals surface area contributed by atoms with E-state index in [0.717, 1.165) is 87.3 Å². The van der Waals surface area contributed by atoms with Gasteiger partial charge in [0, 0.05) is 16.4 Å². The summed E-state index contributed by atoms with van der Waals surface area (Å²) in [5.41, 5.74) is 13.4. The molecule has 0 bridgehead atoms. The van der Waals surface area contributed by atoms with Gasteiger partial charge in [-0.1, -0.05) is 161 Å². The number of hydrogen-bond acceptors (Lipinski definition) is 8. The normalized spacial score (nSPS) is 12.5. The summed E-state index contributed by atoms with van der Waals surface area (Å²) in [4.78, 5) is 26.7. The Morgan fingerprint density at radius 2 is 0.844 bits per heavy atom. The highest BCUT2D eigenvalue weighted by molar-refractivity contribution is 5.70. The lowest BCUT2D eigenvalue weighted by Gasteiger charge is -2.34. The summed E-state index contributed by atoms with van der Waals surface area (Å²) >= 11 is 0. The molecule has 8 nitrogen and oxygen atoms in total. The molecule has 414 valence electrons. The highest BCUT2D eigenvalue weighted by Gasteiger charge is 2.34. The molecule has 6 aromatic rings. The second kappa shape index (κ2) is 27.7. The van der Waals surface area contributed by atoms with Crippen LogP contribution in [0.5, 0.6) is 11.5 Å². The Bertz CT molecular complexity index is 2930. The first-order chi connectivity index (χ1) is 36.3. The maximum absolute atomic E-state index is 14.6. The number of aliphatic hydroxyl groups excluding tert-OH is 2. The molecule has 0 heterocycles. The summed E-state index contributed by atoms with van der Waals surface area (Å²) in [5, 5.41) is 20.7. The van der Waals surface area contributed by atoms with Crippen molar-refractivity contribution in [1.82, 2.24) is 0 Å². The van der Waals surface area contributed by atoms with Crippen molar-refractivity contribution in [2.75, 3.05) is 13.2 Å². The molecule has 2 unspecified atom stereocenters. The van der Waals surface area contributed by atoms with Gasteiger partial charge >= 0.3 is 6.15 Å². The van der Waals surface area contributed by atoms with Gasteiger partial charge in [-0.3, -0.25) is 4.79 Å². The molecule has 0 radical (unpaired) electrons. The third-order valence-electron chi connectivity index (χ3n) is 15.6. The van der Waals surface area contributed by atoms with Gasteiger partial charge in [0.25, 0.3) is 6.47 Å². The van der Waals surface area contributed by atoms with E-state index in [1.165, 1.54) is 28.3 Å². The van der Waals surface area contributed by atoms with Crippen molar-refractivity contribution in [2.24, 2.45) is 10.8 Å². The standard InChI is InChI=1S/C33H41FO4.C33H43FO2.CO2/c1-8-33(9-2,27-13-15-30(23(4)17-27)38-20-31(36)32(5,6)7)26-12-14-28(22(3)16-26)24-10-11-25(19-37-21-35)29(34)18-24;1-9-24-12-13-25(20-29(24)34)28-16-14-26(18-22(28)4)33(10-2,11-3)27-15-17-30(23(5)19-27)36-21-31(35)32(6,7)8;2-1-3/h10-18,21,31,36H,8-9,19-20H2,1-7H3;12-20,31,35H,9-11,21H2,1-8H3;. The Morgan fingerprint density at radius 1 is 0.506 bits per heavy atom. The maximum atomic E-state index is 14.6. The number of aliphatic hydroxyl groups is 2. The first kappa shape index (κ1) is 63.1. The third-order valence-corrected chi connectivity index (χ3v) is 15.6. The van der Waals surface area contributed by atoms with Crippen molar-refractivity contribution < 1.29 is 47.6 Å². The van der Waals surface area contributed by atoms with Crippen LogP contribution in [-0.2, 0) is 43.0 Å². The summed E-state index contributed by atoms with van der Waals surface area (Å²) in [5.74, 6) is 1.07. The van der Waals surface area contributed by atoms with E-state index >= 15 is 0 Å². The Kier molecular flexibility index (Phi) is 22.7. The molecule has 10 heteroatoms. The van der Waals surface area contributed by atoms with Crippen LogP contribution in [0.4, 0.5) is 8.78 Å². The molecular weight excluding hydrogens is 971 g/mol. The van der Waals surface area contributed by atoms with Crippen LogP contribution in [0.1, 0.15) is 157 Å². The van der Waals surface area contributed by atoms with E-state index in [-0.39, 0.29) is 53.4 Å². The molecule has 0 aromatic heterocycles. The summed E-state index contributed by atoms with van der Waals surface area (Å²) in [6.07, 6.45) is 3.63. The van der Waals surface area contributed by atoms with E-state index in [4.69, 9.17) is 23.8 Å². The lowest BCUT2D eigenvalue weighted by atomic mass is 9.69. The topological polar surface area (TPSA) is 119 Å². The summed E-state index contributed by atoms with van der Waals surface area (Å²) < 4.78 is 45.7. The zero-order chi connectivity index (χ0) is 57.5. The van der Waals surface area contributed by atoms with Crippen molar-refractivity contribution in [2.45, 2.75) is 166 Å². The van der Waals surface area contributed by atoms with Crippen LogP contribution >= 0.6 is 0 Å². The molecule has 0 fully saturated rings. The molecule has 6 rings (SSSR count). The van der Waals surface area contributed by atoms with Gasteiger partial charge in [0.1, 0.15) is 43.0 Å². The first-order valence-electron chi connectivity index (χ1n) is 27.0. The number of ether oxygens (including phenoxy) is 3. The Morgan fingerprint density at radius 3 is 1.13 bits per heavy atom. The quantitative estimate of drug-likeness (QED) is 0.0726. The number of halogens is 2. The lowest BCUT2D eigenvalue weighted by molar-refractivity contribution is -0.191. The third kappa shape index (κ3) is 15.4. The van der Waals surface area contributed by atoms with Gasteiger partial charge in [-0.05, 0) is 167 Å². The predicted octanol–water partition coefficient (Wildman–Crippen LogP) is 15.7. The molecule has 0 amide bonds. The molecule has 0 saturated heterocycles. The van der Waals surface area contributed by atoms with Crippen LogP contribution in [0, 0.1) is 50.2 Å². The number of hydrogen-bond donors (Lipinski definition) is 2. The van der Waals surface area contributed by atoms with Crippen molar-refractivity contribution in [3.8, 4) is 33.8 Å². The molecular formula is C67H84F2O8. The minimum absolute atomic E-state index is 0.0799. The van der Waals surface area contributed by atoms with Crippen molar-refractivity contribution in [3.63, 3.8) is 0 Å². The molecule has 6 aromatic carbocycles. The van der Waals surface area contributed by atoms with Crippen molar-refractivity contribution >= 4 is 12.6 Å². The first-order valence-corrected chi connectivity index (χ1v) is 27.0. The van der Waals surface area contributed by atoms with Crippen LogP contribution in [0.15, 0.2) is 109 Å². The van der Waals surface area contributed by atoms with E-state index in [1.54, 1.807) is 12.1 Å². The zero-order valence-corrected chi connectivity index (χ0v) is 48.4. The molecule has 0 spiro atoms. The van der Waals surface area contributed by atoms with Gasteiger partial charge in [0.05, 0.1) is 12.2 Å². The fraction of sp³-hybridized carbons (Fsp3) is 0.433. The number of rotatable bonds is 20. The lowest BCUT2D eigenvalue weighted by Crippen LogP contribution is -2.32. The average Bonchev–Trinajstić information content (AvgIpc) is 3.38. The smallest absolute Gasteiger partial charge is 0.373 e. The molecule has 0 saturated carbocycles. The average molecular weight is 1060 g/mol. The van der Waals surface area contributed by atoms with Gasteiger partial charge in [-0.25, -0.2) is 8.78 Å². The predicted molar refractivity (Wildman–Crippen MR) is 305 cm³/mol. The monoisotopic (exact) mass is 1050 g/mol.